The van der Waals surface area contributed by atoms with Gasteiger partial charge in [-0.1, -0.05) is 31.9 Å². The van der Waals surface area contributed by atoms with Crippen molar-refractivity contribution in [3.8, 4) is 0 Å². The highest BCUT2D eigenvalue weighted by Crippen LogP contribution is 2.47. The fourth-order valence-electron chi connectivity index (χ4n) is 0.707. The van der Waals surface area contributed by atoms with Crippen molar-refractivity contribution in [1.29, 1.82) is 0 Å². The van der Waals surface area contributed by atoms with Crippen LogP contribution in [0, 0.1) is 0 Å². The van der Waals surface area contributed by atoms with Gasteiger partial charge in [-0.25, -0.2) is 8.78 Å². The smallest absolute Gasteiger partial charge is 0.204 e. The molecule has 0 rings (SSSR count). The maximum absolute atomic E-state index is 13.3. The lowest BCUT2D eigenvalue weighted by Gasteiger charge is -2.37. The molecule has 0 saturated carbocycles. The van der Waals surface area contributed by atoms with Gasteiger partial charge in [-0.05, 0) is 27.7 Å². The van der Waals surface area contributed by atoms with Crippen molar-refractivity contribution in [2.45, 2.75) is 42.3 Å². The Hall–Kier alpha value is 0.820. The first-order chi connectivity index (χ1) is 4.50. The molecule has 68 valence electrons. The van der Waals surface area contributed by atoms with Gasteiger partial charge in [0.25, 0.3) is 5.92 Å². The number of alkyl halides is 4. The van der Waals surface area contributed by atoms with Gasteiger partial charge in [0.15, 0.2) is 0 Å². The third kappa shape index (κ3) is 2.38. The van der Waals surface area contributed by atoms with Crippen molar-refractivity contribution < 1.29 is 8.78 Å². The van der Waals surface area contributed by atoms with Crippen LogP contribution in [0.4, 0.5) is 8.78 Å². The Morgan fingerprint density at radius 3 is 1.00 bits per heavy atom. The summed E-state index contributed by atoms with van der Waals surface area (Å²) in [7, 11) is 0. The number of halogens is 4. The van der Waals surface area contributed by atoms with Gasteiger partial charge in [0.05, 0.1) is 8.65 Å². The van der Waals surface area contributed by atoms with Crippen molar-refractivity contribution in [1.82, 2.24) is 0 Å². The monoisotopic (exact) mass is 292 g/mol. The molecule has 0 aliphatic carbocycles. The SMILES string of the molecule is CC(C)(Br)C(F)(F)C(C)(C)Br. The highest BCUT2D eigenvalue weighted by molar-refractivity contribution is 9.10. The molecule has 0 nitrogen and oxygen atoms in total. The van der Waals surface area contributed by atoms with Crippen molar-refractivity contribution >= 4 is 31.9 Å². The van der Waals surface area contributed by atoms with Gasteiger partial charge in [-0.3, -0.25) is 0 Å². The van der Waals surface area contributed by atoms with Gasteiger partial charge in [0.1, 0.15) is 0 Å². The normalized spacial score (nSPS) is 15.3. The molecule has 0 unspecified atom stereocenters. The Kier molecular flexibility index (Phi) is 3.17. The largest absolute Gasteiger partial charge is 0.277 e. The van der Waals surface area contributed by atoms with E-state index in [1.54, 1.807) is 0 Å². The van der Waals surface area contributed by atoms with Crippen LogP contribution in [-0.4, -0.2) is 14.6 Å². The zero-order chi connectivity index (χ0) is 9.50. The molecule has 0 spiro atoms. The molecule has 0 heterocycles. The van der Waals surface area contributed by atoms with E-state index in [0.717, 1.165) is 0 Å². The fourth-order valence-corrected chi connectivity index (χ4v) is 1.96. The maximum atomic E-state index is 13.3. The minimum atomic E-state index is -2.79. The Labute approximate surface area is 83.0 Å². The molecule has 11 heavy (non-hydrogen) atoms. The highest BCUT2D eigenvalue weighted by Gasteiger charge is 2.55. The first kappa shape index (κ1) is 11.8. The molecule has 0 fully saturated rings. The van der Waals surface area contributed by atoms with Gasteiger partial charge >= 0.3 is 0 Å². The quantitative estimate of drug-likeness (QED) is 0.676. The van der Waals surface area contributed by atoms with Crippen LogP contribution in [-0.2, 0) is 0 Å². The average molecular weight is 294 g/mol. The van der Waals surface area contributed by atoms with Crippen LogP contribution in [0.5, 0.6) is 0 Å². The van der Waals surface area contributed by atoms with Crippen LogP contribution in [0.25, 0.3) is 0 Å². The second-order valence-electron chi connectivity index (χ2n) is 3.52. The molecule has 0 aromatic rings. The molecular weight excluding hydrogens is 282 g/mol. The topological polar surface area (TPSA) is 0 Å². The van der Waals surface area contributed by atoms with Crippen LogP contribution >= 0.6 is 31.9 Å². The molecule has 0 aromatic carbocycles. The summed E-state index contributed by atoms with van der Waals surface area (Å²) >= 11 is 5.91. The van der Waals surface area contributed by atoms with E-state index in [1.807, 2.05) is 0 Å². The summed E-state index contributed by atoms with van der Waals surface area (Å²) in [5.41, 5.74) is 0. The van der Waals surface area contributed by atoms with E-state index < -0.39 is 14.6 Å². The standard InChI is InChI=1S/C7H12Br2F2/c1-5(2,8)7(10,11)6(3,4)9/h1-4H3. The Morgan fingerprint density at radius 2 is 1.00 bits per heavy atom. The van der Waals surface area contributed by atoms with Crippen molar-refractivity contribution in [3.05, 3.63) is 0 Å². The van der Waals surface area contributed by atoms with Gasteiger partial charge in [0.2, 0.25) is 0 Å². The third-order valence-electron chi connectivity index (χ3n) is 1.49. The summed E-state index contributed by atoms with van der Waals surface area (Å²) in [4.78, 5) is 0. The Bertz CT molecular complexity index is 126. The highest BCUT2D eigenvalue weighted by atomic mass is 79.9. The molecule has 0 radical (unpaired) electrons. The van der Waals surface area contributed by atoms with Gasteiger partial charge in [-0.2, -0.15) is 0 Å². The van der Waals surface area contributed by atoms with Crippen LogP contribution < -0.4 is 0 Å². The van der Waals surface area contributed by atoms with Crippen molar-refractivity contribution in [2.24, 2.45) is 0 Å². The molecule has 0 aliphatic rings. The maximum Gasteiger partial charge on any atom is 0.277 e. The predicted octanol–water partition coefficient (Wildman–Crippen LogP) is 3.97. The van der Waals surface area contributed by atoms with Crippen molar-refractivity contribution in [3.63, 3.8) is 0 Å². The Morgan fingerprint density at radius 1 is 0.818 bits per heavy atom. The minimum absolute atomic E-state index is 1.19. The number of rotatable bonds is 2. The zero-order valence-corrected chi connectivity index (χ0v) is 10.2. The van der Waals surface area contributed by atoms with E-state index in [-0.39, 0.29) is 0 Å². The fraction of sp³-hybridized carbons (Fsp3) is 1.00. The third-order valence-corrected chi connectivity index (χ3v) is 2.49. The summed E-state index contributed by atoms with van der Waals surface area (Å²) in [5, 5.41) is 0. The summed E-state index contributed by atoms with van der Waals surface area (Å²) in [6.07, 6.45) is 0. The Balaban J connectivity index is 4.75. The molecule has 0 saturated heterocycles. The van der Waals surface area contributed by atoms with Gasteiger partial charge in [-0.15, -0.1) is 0 Å². The molecular formula is C7H12Br2F2. The first-order valence-corrected chi connectivity index (χ1v) is 4.84. The minimum Gasteiger partial charge on any atom is -0.204 e. The van der Waals surface area contributed by atoms with Gasteiger partial charge < -0.3 is 0 Å². The van der Waals surface area contributed by atoms with E-state index in [1.165, 1.54) is 27.7 Å². The second kappa shape index (κ2) is 2.95. The van der Waals surface area contributed by atoms with E-state index in [4.69, 9.17) is 0 Å². The first-order valence-electron chi connectivity index (χ1n) is 3.26. The molecule has 0 aliphatic heterocycles. The molecule has 0 aromatic heterocycles. The number of hydrogen-bond donors (Lipinski definition) is 0. The summed E-state index contributed by atoms with van der Waals surface area (Å²) < 4.78 is 24.3. The molecule has 0 bridgehead atoms. The average Bonchev–Trinajstić information content (AvgIpc) is 1.58. The molecule has 0 N–H and O–H groups in total. The van der Waals surface area contributed by atoms with Crippen LogP contribution in [0.2, 0.25) is 0 Å². The predicted molar refractivity (Wildman–Crippen MR) is 51.0 cm³/mol. The lowest BCUT2D eigenvalue weighted by molar-refractivity contribution is -0.0507. The van der Waals surface area contributed by atoms with Crippen LogP contribution in [0.1, 0.15) is 27.7 Å². The van der Waals surface area contributed by atoms with Crippen LogP contribution in [0.15, 0.2) is 0 Å². The molecule has 0 atom stereocenters. The van der Waals surface area contributed by atoms with E-state index in [0.29, 0.717) is 0 Å². The van der Waals surface area contributed by atoms with E-state index in [9.17, 15) is 8.78 Å². The summed E-state index contributed by atoms with van der Waals surface area (Å²) in [6.45, 7) is 5.82. The van der Waals surface area contributed by atoms with Crippen molar-refractivity contribution in [2.75, 3.05) is 0 Å². The molecule has 4 heteroatoms. The summed E-state index contributed by atoms with van der Waals surface area (Å²) in [5.74, 6) is -2.79. The van der Waals surface area contributed by atoms with Gasteiger partial charge in [0, 0.05) is 0 Å². The van der Waals surface area contributed by atoms with E-state index >= 15 is 0 Å². The van der Waals surface area contributed by atoms with Crippen LogP contribution in [0.3, 0.4) is 0 Å². The lowest BCUT2D eigenvalue weighted by Crippen LogP contribution is -2.50. The lowest BCUT2D eigenvalue weighted by atomic mass is 9.95. The summed E-state index contributed by atoms with van der Waals surface area (Å²) in [6, 6.07) is 0. The second-order valence-corrected chi connectivity index (χ2v) is 7.48. The zero-order valence-electron chi connectivity index (χ0n) is 7.01. The van der Waals surface area contributed by atoms with E-state index in [2.05, 4.69) is 31.9 Å². The molecule has 0 amide bonds. The number of hydrogen-bond acceptors (Lipinski definition) is 0.